The van der Waals surface area contributed by atoms with Crippen molar-refractivity contribution in [3.8, 4) is 0 Å². The van der Waals surface area contributed by atoms with E-state index < -0.39 is 11.8 Å². The molecule has 2 aromatic rings. The fourth-order valence-electron chi connectivity index (χ4n) is 1.50. The molecule has 2 rings (SSSR count). The van der Waals surface area contributed by atoms with Gasteiger partial charge in [0.2, 0.25) is 5.91 Å². The Morgan fingerprint density at radius 3 is 2.55 bits per heavy atom. The van der Waals surface area contributed by atoms with Crippen LogP contribution in [-0.4, -0.2) is 16.8 Å². The second kappa shape index (κ2) is 5.58. The molecule has 0 bridgehead atoms. The Hall–Kier alpha value is -2.60. The first-order valence-corrected chi connectivity index (χ1v) is 5.97. The number of nitrogens with one attached hydrogen (secondary N) is 1. The van der Waals surface area contributed by atoms with Crippen LogP contribution >= 0.6 is 11.6 Å². The lowest BCUT2D eigenvalue weighted by Gasteiger charge is -2.08. The van der Waals surface area contributed by atoms with E-state index in [4.69, 9.17) is 23.1 Å². The van der Waals surface area contributed by atoms with Gasteiger partial charge in [0.05, 0.1) is 22.6 Å². The molecule has 2 amide bonds. The number of nitrogen functional groups attached to an aromatic ring is 1. The average Bonchev–Trinajstić information content (AvgIpc) is 2.41. The van der Waals surface area contributed by atoms with Crippen LogP contribution in [-0.2, 0) is 0 Å². The van der Waals surface area contributed by atoms with E-state index in [1.165, 1.54) is 30.5 Å². The van der Waals surface area contributed by atoms with Gasteiger partial charge in [-0.3, -0.25) is 9.59 Å². The third-order valence-electron chi connectivity index (χ3n) is 2.52. The van der Waals surface area contributed by atoms with Gasteiger partial charge in [0.1, 0.15) is 5.69 Å². The number of pyridine rings is 1. The van der Waals surface area contributed by atoms with Crippen LogP contribution in [0.2, 0.25) is 5.02 Å². The first-order chi connectivity index (χ1) is 9.47. The van der Waals surface area contributed by atoms with E-state index in [2.05, 4.69) is 10.3 Å². The monoisotopic (exact) mass is 290 g/mol. The van der Waals surface area contributed by atoms with Gasteiger partial charge in [-0.05, 0) is 30.3 Å². The van der Waals surface area contributed by atoms with Crippen molar-refractivity contribution in [2.75, 3.05) is 11.1 Å². The predicted molar refractivity (Wildman–Crippen MR) is 76.6 cm³/mol. The molecule has 0 fully saturated rings. The first kappa shape index (κ1) is 13.8. The SMILES string of the molecule is NC(=O)c1ccc(Cl)c(NC(=O)c2ccc(N)cn2)c1. The van der Waals surface area contributed by atoms with Gasteiger partial charge in [0.25, 0.3) is 5.91 Å². The number of rotatable bonds is 3. The zero-order valence-electron chi connectivity index (χ0n) is 10.3. The van der Waals surface area contributed by atoms with E-state index in [1.807, 2.05) is 0 Å². The number of carbonyl (C=O) groups excluding carboxylic acids is 2. The maximum Gasteiger partial charge on any atom is 0.274 e. The molecule has 20 heavy (non-hydrogen) atoms. The number of halogens is 1. The number of carbonyl (C=O) groups is 2. The lowest BCUT2D eigenvalue weighted by Crippen LogP contribution is -2.16. The Morgan fingerprint density at radius 2 is 1.95 bits per heavy atom. The highest BCUT2D eigenvalue weighted by Crippen LogP contribution is 2.23. The Morgan fingerprint density at radius 1 is 1.20 bits per heavy atom. The van der Waals surface area contributed by atoms with E-state index >= 15 is 0 Å². The molecule has 7 heteroatoms. The van der Waals surface area contributed by atoms with Crippen LogP contribution in [0.25, 0.3) is 0 Å². The molecule has 0 atom stereocenters. The number of anilines is 2. The normalized spacial score (nSPS) is 10.1. The molecule has 0 spiro atoms. The Bertz CT molecular complexity index is 671. The zero-order chi connectivity index (χ0) is 14.7. The molecule has 5 N–H and O–H groups in total. The topological polar surface area (TPSA) is 111 Å². The van der Waals surface area contributed by atoms with Gasteiger partial charge in [-0.2, -0.15) is 0 Å². The van der Waals surface area contributed by atoms with Crippen molar-refractivity contribution in [2.24, 2.45) is 5.73 Å². The highest BCUT2D eigenvalue weighted by molar-refractivity contribution is 6.34. The van der Waals surface area contributed by atoms with Crippen molar-refractivity contribution in [2.45, 2.75) is 0 Å². The fraction of sp³-hybridized carbons (Fsp3) is 0. The van der Waals surface area contributed by atoms with Crippen LogP contribution < -0.4 is 16.8 Å². The Labute approximate surface area is 119 Å². The second-order valence-electron chi connectivity index (χ2n) is 3.99. The summed E-state index contributed by atoms with van der Waals surface area (Å²) in [6.45, 7) is 0. The number of nitrogens with two attached hydrogens (primary N) is 2. The van der Waals surface area contributed by atoms with Gasteiger partial charge >= 0.3 is 0 Å². The molecular formula is C13H11ClN4O2. The molecule has 0 radical (unpaired) electrons. The van der Waals surface area contributed by atoms with Gasteiger partial charge in [-0.25, -0.2) is 4.98 Å². The summed E-state index contributed by atoms with van der Waals surface area (Å²) >= 11 is 5.95. The van der Waals surface area contributed by atoms with Gasteiger partial charge in [0.15, 0.2) is 0 Å². The number of primary amides is 1. The number of benzene rings is 1. The van der Waals surface area contributed by atoms with Crippen LogP contribution in [0, 0.1) is 0 Å². The summed E-state index contributed by atoms with van der Waals surface area (Å²) in [5.74, 6) is -1.07. The van der Waals surface area contributed by atoms with Gasteiger partial charge < -0.3 is 16.8 Å². The average molecular weight is 291 g/mol. The van der Waals surface area contributed by atoms with Crippen molar-refractivity contribution in [1.29, 1.82) is 0 Å². The van der Waals surface area contributed by atoms with Crippen molar-refractivity contribution in [3.05, 3.63) is 52.8 Å². The molecule has 0 unspecified atom stereocenters. The maximum absolute atomic E-state index is 12.0. The number of hydrogen-bond acceptors (Lipinski definition) is 4. The highest BCUT2D eigenvalue weighted by Gasteiger charge is 2.11. The van der Waals surface area contributed by atoms with Gasteiger partial charge in [0, 0.05) is 5.56 Å². The molecule has 1 aromatic heterocycles. The summed E-state index contributed by atoms with van der Waals surface area (Å²) in [5.41, 5.74) is 11.8. The van der Waals surface area contributed by atoms with E-state index in [0.29, 0.717) is 10.7 Å². The summed E-state index contributed by atoms with van der Waals surface area (Å²) < 4.78 is 0. The molecular weight excluding hydrogens is 280 g/mol. The van der Waals surface area contributed by atoms with Crippen LogP contribution in [0.1, 0.15) is 20.8 Å². The second-order valence-corrected chi connectivity index (χ2v) is 4.40. The first-order valence-electron chi connectivity index (χ1n) is 5.59. The lowest BCUT2D eigenvalue weighted by molar-refractivity contribution is 0.0995. The molecule has 6 nitrogen and oxygen atoms in total. The fourth-order valence-corrected chi connectivity index (χ4v) is 1.67. The zero-order valence-corrected chi connectivity index (χ0v) is 11.0. The molecule has 0 aliphatic rings. The molecule has 0 saturated heterocycles. The summed E-state index contributed by atoms with van der Waals surface area (Å²) in [6, 6.07) is 7.40. The van der Waals surface area contributed by atoms with Crippen LogP contribution in [0.3, 0.4) is 0 Å². The van der Waals surface area contributed by atoms with E-state index in [1.54, 1.807) is 6.07 Å². The van der Waals surface area contributed by atoms with Crippen LogP contribution in [0.5, 0.6) is 0 Å². The molecule has 0 aliphatic heterocycles. The molecule has 1 heterocycles. The summed E-state index contributed by atoms with van der Waals surface area (Å²) in [6.07, 6.45) is 1.37. The van der Waals surface area contributed by atoms with Crippen molar-refractivity contribution in [3.63, 3.8) is 0 Å². The molecule has 0 aliphatic carbocycles. The smallest absolute Gasteiger partial charge is 0.274 e. The standard InChI is InChI=1S/C13H11ClN4O2/c14-9-3-1-7(12(16)19)5-11(9)18-13(20)10-4-2-8(15)6-17-10/h1-6H,15H2,(H2,16,19)(H,18,20). The number of hydrogen-bond donors (Lipinski definition) is 3. The minimum atomic E-state index is -0.609. The van der Waals surface area contributed by atoms with Crippen LogP contribution in [0.15, 0.2) is 36.5 Å². The maximum atomic E-state index is 12.0. The molecule has 102 valence electrons. The van der Waals surface area contributed by atoms with E-state index in [9.17, 15) is 9.59 Å². The number of amides is 2. The minimum absolute atomic E-state index is 0.180. The highest BCUT2D eigenvalue weighted by atomic mass is 35.5. The third-order valence-corrected chi connectivity index (χ3v) is 2.85. The lowest BCUT2D eigenvalue weighted by atomic mass is 10.2. The third kappa shape index (κ3) is 3.04. The Kier molecular flexibility index (Phi) is 3.86. The van der Waals surface area contributed by atoms with Crippen LogP contribution in [0.4, 0.5) is 11.4 Å². The molecule has 0 saturated carbocycles. The summed E-state index contributed by atoms with van der Waals surface area (Å²) in [5, 5.41) is 2.85. The quantitative estimate of drug-likeness (QED) is 0.798. The van der Waals surface area contributed by atoms with Gasteiger partial charge in [-0.1, -0.05) is 11.6 Å². The molecule has 1 aromatic carbocycles. The van der Waals surface area contributed by atoms with Crippen molar-refractivity contribution >= 4 is 34.8 Å². The largest absolute Gasteiger partial charge is 0.397 e. The van der Waals surface area contributed by atoms with E-state index in [0.717, 1.165) is 0 Å². The minimum Gasteiger partial charge on any atom is -0.397 e. The summed E-state index contributed by atoms with van der Waals surface area (Å²) in [4.78, 5) is 27.0. The van der Waals surface area contributed by atoms with Crippen molar-refractivity contribution in [1.82, 2.24) is 4.98 Å². The van der Waals surface area contributed by atoms with Crippen molar-refractivity contribution < 1.29 is 9.59 Å². The summed E-state index contributed by atoms with van der Waals surface area (Å²) in [7, 11) is 0. The Balaban J connectivity index is 2.25. The van der Waals surface area contributed by atoms with Gasteiger partial charge in [-0.15, -0.1) is 0 Å². The van der Waals surface area contributed by atoms with E-state index in [-0.39, 0.29) is 16.9 Å². The number of nitrogens with zero attached hydrogens (tertiary/aromatic N) is 1. The predicted octanol–water partition coefficient (Wildman–Crippen LogP) is 1.67. The number of aromatic nitrogens is 1.